The lowest BCUT2D eigenvalue weighted by molar-refractivity contribution is 0.186. The largest absolute Gasteiger partial charge is 0.345 e. The van der Waals surface area contributed by atoms with Crippen molar-refractivity contribution in [2.24, 2.45) is 5.92 Å². The second kappa shape index (κ2) is 10.00. The molecule has 0 spiro atoms. The van der Waals surface area contributed by atoms with Crippen molar-refractivity contribution in [3.63, 3.8) is 0 Å². The number of hydrogen-bond acceptors (Lipinski definition) is 1. The number of amides is 2. The maximum Gasteiger partial charge on any atom is 0.317 e. The van der Waals surface area contributed by atoms with Crippen LogP contribution in [0.1, 0.15) is 44.9 Å². The van der Waals surface area contributed by atoms with Crippen LogP contribution in [-0.4, -0.2) is 28.6 Å². The molecule has 5 heteroatoms. The van der Waals surface area contributed by atoms with Crippen LogP contribution in [0.4, 0.5) is 9.18 Å². The fraction of sp³-hybridized carbons (Fsp3) is 0.476. The van der Waals surface area contributed by atoms with Gasteiger partial charge in [0.25, 0.3) is 0 Å². The topological polar surface area (TPSA) is 37.3 Å². The summed E-state index contributed by atoms with van der Waals surface area (Å²) < 4.78 is 15.5. The van der Waals surface area contributed by atoms with Crippen molar-refractivity contribution in [2.45, 2.75) is 46.7 Å². The lowest BCUT2D eigenvalue weighted by Gasteiger charge is -2.25. The van der Waals surface area contributed by atoms with Crippen LogP contribution in [0.2, 0.25) is 0 Å². The van der Waals surface area contributed by atoms with Crippen LogP contribution in [0, 0.1) is 11.7 Å². The van der Waals surface area contributed by atoms with E-state index < -0.39 is 0 Å². The molecule has 142 valence electrons. The van der Waals surface area contributed by atoms with Crippen molar-refractivity contribution in [1.29, 1.82) is 0 Å². The highest BCUT2D eigenvalue weighted by molar-refractivity contribution is 5.74. The van der Waals surface area contributed by atoms with E-state index in [-0.39, 0.29) is 11.8 Å². The Morgan fingerprint density at radius 2 is 2.08 bits per heavy atom. The van der Waals surface area contributed by atoms with Gasteiger partial charge in [-0.3, -0.25) is 0 Å². The summed E-state index contributed by atoms with van der Waals surface area (Å²) in [5, 5.41) is 3.01. The van der Waals surface area contributed by atoms with E-state index in [2.05, 4.69) is 30.7 Å². The zero-order valence-corrected chi connectivity index (χ0v) is 16.0. The van der Waals surface area contributed by atoms with Gasteiger partial charge in [0.15, 0.2) is 0 Å². The smallest absolute Gasteiger partial charge is 0.317 e. The van der Waals surface area contributed by atoms with Crippen LogP contribution in [-0.2, 0) is 13.1 Å². The third kappa shape index (κ3) is 6.21. The molecule has 0 radical (unpaired) electrons. The highest BCUT2D eigenvalue weighted by Gasteiger charge is 2.16. The molecule has 0 aliphatic rings. The summed E-state index contributed by atoms with van der Waals surface area (Å²) in [4.78, 5) is 14.4. The number of benzene rings is 1. The number of hydrogen-bond donors (Lipinski definition) is 1. The molecule has 0 fully saturated rings. The Bertz CT molecular complexity index is 696. The van der Waals surface area contributed by atoms with Crippen molar-refractivity contribution < 1.29 is 9.18 Å². The zero-order valence-electron chi connectivity index (χ0n) is 16.0. The normalized spacial score (nSPS) is 11.0. The van der Waals surface area contributed by atoms with Crippen molar-refractivity contribution in [2.75, 3.05) is 13.1 Å². The minimum absolute atomic E-state index is 0.0225. The molecular weight excluding hydrogens is 329 g/mol. The Hall–Kier alpha value is -2.30. The van der Waals surface area contributed by atoms with E-state index >= 15 is 0 Å². The standard InChI is InChI=1S/C21H30FN3O/c1-4-5-11-23-21(26)25(14-17(2)3)16-20-10-7-12-24(20)15-18-8-6-9-19(22)13-18/h6-10,12-13,17H,4-5,11,14-16H2,1-3H3,(H,23,26). The number of urea groups is 1. The average Bonchev–Trinajstić information content (AvgIpc) is 3.01. The van der Waals surface area contributed by atoms with Crippen LogP contribution in [0.25, 0.3) is 0 Å². The third-order valence-corrected chi connectivity index (χ3v) is 4.20. The van der Waals surface area contributed by atoms with Gasteiger partial charge in [-0.1, -0.05) is 39.3 Å². The Labute approximate surface area is 156 Å². The lowest BCUT2D eigenvalue weighted by atomic mass is 10.2. The average molecular weight is 359 g/mol. The van der Waals surface area contributed by atoms with Gasteiger partial charge < -0.3 is 14.8 Å². The first-order chi connectivity index (χ1) is 12.5. The molecule has 0 saturated heterocycles. The predicted molar refractivity (Wildman–Crippen MR) is 103 cm³/mol. The summed E-state index contributed by atoms with van der Waals surface area (Å²) in [6.07, 6.45) is 4.01. The molecule has 0 unspecified atom stereocenters. The maximum absolute atomic E-state index is 13.4. The van der Waals surface area contributed by atoms with E-state index in [1.54, 1.807) is 12.1 Å². The summed E-state index contributed by atoms with van der Waals surface area (Å²) in [6, 6.07) is 10.6. The Morgan fingerprint density at radius 1 is 1.27 bits per heavy atom. The molecule has 1 aromatic heterocycles. The van der Waals surface area contributed by atoms with Gasteiger partial charge in [-0.05, 0) is 42.2 Å². The van der Waals surface area contributed by atoms with Gasteiger partial charge in [0.1, 0.15) is 5.82 Å². The third-order valence-electron chi connectivity index (χ3n) is 4.20. The van der Waals surface area contributed by atoms with E-state index in [0.717, 1.165) is 24.1 Å². The molecule has 0 bridgehead atoms. The maximum atomic E-state index is 13.4. The van der Waals surface area contributed by atoms with Gasteiger partial charge in [0.05, 0.1) is 6.54 Å². The van der Waals surface area contributed by atoms with E-state index in [9.17, 15) is 9.18 Å². The first kappa shape index (κ1) is 20.0. The molecule has 1 N–H and O–H groups in total. The zero-order chi connectivity index (χ0) is 18.9. The highest BCUT2D eigenvalue weighted by atomic mass is 19.1. The number of carbonyl (C=O) groups excluding carboxylic acids is 1. The van der Waals surface area contributed by atoms with Crippen molar-refractivity contribution >= 4 is 6.03 Å². The van der Waals surface area contributed by atoms with Crippen LogP contribution in [0.3, 0.4) is 0 Å². The van der Waals surface area contributed by atoms with Gasteiger partial charge in [0, 0.05) is 31.5 Å². The quantitative estimate of drug-likeness (QED) is 0.651. The molecular formula is C21H30FN3O. The molecule has 0 atom stereocenters. The molecule has 2 amide bonds. The monoisotopic (exact) mass is 359 g/mol. The lowest BCUT2D eigenvalue weighted by Crippen LogP contribution is -2.42. The Morgan fingerprint density at radius 3 is 2.77 bits per heavy atom. The van der Waals surface area contributed by atoms with Gasteiger partial charge in [-0.15, -0.1) is 0 Å². The Balaban J connectivity index is 2.08. The van der Waals surface area contributed by atoms with Crippen LogP contribution < -0.4 is 5.32 Å². The second-order valence-electron chi connectivity index (χ2n) is 7.12. The first-order valence-electron chi connectivity index (χ1n) is 9.40. The van der Waals surface area contributed by atoms with Crippen molar-refractivity contribution in [1.82, 2.24) is 14.8 Å². The SMILES string of the molecule is CCCCNC(=O)N(Cc1cccn1Cc1cccc(F)c1)CC(C)C. The fourth-order valence-corrected chi connectivity index (χ4v) is 2.92. The minimum atomic E-state index is -0.229. The summed E-state index contributed by atoms with van der Waals surface area (Å²) in [6.45, 7) is 8.86. The van der Waals surface area contributed by atoms with E-state index in [0.29, 0.717) is 32.1 Å². The van der Waals surface area contributed by atoms with Crippen LogP contribution in [0.5, 0.6) is 0 Å². The number of unbranched alkanes of at least 4 members (excludes halogenated alkanes) is 1. The molecule has 1 heterocycles. The number of aromatic nitrogens is 1. The second-order valence-corrected chi connectivity index (χ2v) is 7.12. The van der Waals surface area contributed by atoms with Gasteiger partial charge in [-0.2, -0.15) is 0 Å². The number of rotatable bonds is 9. The van der Waals surface area contributed by atoms with Gasteiger partial charge in [-0.25, -0.2) is 9.18 Å². The molecule has 2 aromatic rings. The molecule has 0 aliphatic heterocycles. The Kier molecular flexibility index (Phi) is 7.70. The minimum Gasteiger partial charge on any atom is -0.345 e. The predicted octanol–water partition coefficient (Wildman–Crippen LogP) is 4.64. The fourth-order valence-electron chi connectivity index (χ4n) is 2.92. The van der Waals surface area contributed by atoms with Gasteiger partial charge in [0.2, 0.25) is 0 Å². The number of halogens is 1. The van der Waals surface area contributed by atoms with E-state index in [1.165, 1.54) is 6.07 Å². The molecule has 4 nitrogen and oxygen atoms in total. The summed E-state index contributed by atoms with van der Waals surface area (Å²) in [5.41, 5.74) is 1.95. The molecule has 0 aliphatic carbocycles. The van der Waals surface area contributed by atoms with Gasteiger partial charge >= 0.3 is 6.03 Å². The summed E-state index contributed by atoms with van der Waals surface area (Å²) in [5.74, 6) is 0.159. The highest BCUT2D eigenvalue weighted by Crippen LogP contribution is 2.13. The van der Waals surface area contributed by atoms with Crippen LogP contribution in [0.15, 0.2) is 42.6 Å². The first-order valence-corrected chi connectivity index (χ1v) is 9.40. The molecule has 2 rings (SSSR count). The van der Waals surface area contributed by atoms with Crippen molar-refractivity contribution in [3.05, 3.63) is 59.7 Å². The number of nitrogens with zero attached hydrogens (tertiary/aromatic N) is 2. The molecule has 26 heavy (non-hydrogen) atoms. The summed E-state index contributed by atoms with van der Waals surface area (Å²) in [7, 11) is 0. The van der Waals surface area contributed by atoms with Crippen molar-refractivity contribution in [3.8, 4) is 0 Å². The number of nitrogens with one attached hydrogen (secondary N) is 1. The van der Waals surface area contributed by atoms with E-state index in [1.807, 2.05) is 29.3 Å². The molecule has 0 saturated carbocycles. The van der Waals surface area contributed by atoms with E-state index in [4.69, 9.17) is 0 Å². The molecule has 1 aromatic carbocycles. The van der Waals surface area contributed by atoms with Crippen LogP contribution >= 0.6 is 0 Å². The number of carbonyl (C=O) groups is 1. The summed E-state index contributed by atoms with van der Waals surface area (Å²) >= 11 is 0.